The van der Waals surface area contributed by atoms with E-state index in [1.165, 1.54) is 13.2 Å². The molecule has 6 nitrogen and oxygen atoms in total. The van der Waals surface area contributed by atoms with Crippen LogP contribution in [0.2, 0.25) is 0 Å². The van der Waals surface area contributed by atoms with Crippen LogP contribution in [0, 0.1) is 5.82 Å². The van der Waals surface area contributed by atoms with Crippen molar-refractivity contribution in [2.24, 2.45) is 0 Å². The number of aromatic amines is 1. The van der Waals surface area contributed by atoms with E-state index in [0.717, 1.165) is 5.39 Å². The average Bonchev–Trinajstić information content (AvgIpc) is 2.95. The summed E-state index contributed by atoms with van der Waals surface area (Å²) in [5.41, 5.74) is 1.86. The van der Waals surface area contributed by atoms with Gasteiger partial charge in [-0.2, -0.15) is 10.1 Å². The SMILES string of the molecule is CCNc1nc(-c2ccc(OC)c(F)c2)c2cn[nH]c2n1. The number of hydrogen-bond acceptors (Lipinski definition) is 5. The van der Waals surface area contributed by atoms with Gasteiger partial charge in [-0.25, -0.2) is 9.37 Å². The Morgan fingerprint density at radius 1 is 1.33 bits per heavy atom. The Hall–Kier alpha value is -2.70. The molecular formula is C14H14FN5O. The first-order chi connectivity index (χ1) is 10.2. The van der Waals surface area contributed by atoms with E-state index in [1.54, 1.807) is 18.3 Å². The van der Waals surface area contributed by atoms with Crippen molar-refractivity contribution in [3.05, 3.63) is 30.2 Å². The number of nitrogens with zero attached hydrogens (tertiary/aromatic N) is 3. The summed E-state index contributed by atoms with van der Waals surface area (Å²) in [7, 11) is 1.43. The minimum Gasteiger partial charge on any atom is -0.494 e. The monoisotopic (exact) mass is 287 g/mol. The number of halogens is 1. The fraction of sp³-hybridized carbons (Fsp3) is 0.214. The second kappa shape index (κ2) is 5.35. The van der Waals surface area contributed by atoms with Crippen LogP contribution in [0.25, 0.3) is 22.3 Å². The van der Waals surface area contributed by atoms with Gasteiger partial charge in [0.1, 0.15) is 0 Å². The van der Waals surface area contributed by atoms with Crippen molar-refractivity contribution in [1.29, 1.82) is 0 Å². The zero-order chi connectivity index (χ0) is 14.8. The second-order valence-electron chi connectivity index (χ2n) is 4.41. The average molecular weight is 287 g/mol. The standard InChI is InChI=1S/C14H14FN5O/c1-3-16-14-18-12(9-7-17-20-13(9)19-14)8-4-5-11(21-2)10(15)6-8/h4-7H,3H2,1-2H3,(H2,16,17,18,19,20). The maximum atomic E-state index is 13.9. The van der Waals surface area contributed by atoms with Crippen LogP contribution in [-0.4, -0.2) is 33.8 Å². The van der Waals surface area contributed by atoms with Crippen molar-refractivity contribution in [2.45, 2.75) is 6.92 Å². The number of ether oxygens (including phenoxy) is 1. The summed E-state index contributed by atoms with van der Waals surface area (Å²) in [6.45, 7) is 2.64. The van der Waals surface area contributed by atoms with Crippen LogP contribution in [0.4, 0.5) is 10.3 Å². The van der Waals surface area contributed by atoms with Gasteiger partial charge < -0.3 is 10.1 Å². The minimum atomic E-state index is -0.435. The van der Waals surface area contributed by atoms with E-state index in [0.29, 0.717) is 29.4 Å². The molecule has 3 rings (SSSR count). The van der Waals surface area contributed by atoms with Gasteiger partial charge in [0.05, 0.1) is 24.4 Å². The van der Waals surface area contributed by atoms with Crippen molar-refractivity contribution in [1.82, 2.24) is 20.2 Å². The van der Waals surface area contributed by atoms with Gasteiger partial charge in [0.2, 0.25) is 5.95 Å². The number of hydrogen-bond donors (Lipinski definition) is 2. The molecule has 0 aliphatic carbocycles. The van der Waals surface area contributed by atoms with Crippen molar-refractivity contribution in [3.63, 3.8) is 0 Å². The first-order valence-corrected chi connectivity index (χ1v) is 6.51. The van der Waals surface area contributed by atoms with Crippen LogP contribution in [0.1, 0.15) is 6.92 Å². The minimum absolute atomic E-state index is 0.197. The summed E-state index contributed by atoms with van der Waals surface area (Å²) in [6, 6.07) is 4.72. The third-order valence-corrected chi connectivity index (χ3v) is 3.07. The quantitative estimate of drug-likeness (QED) is 0.771. The van der Waals surface area contributed by atoms with E-state index in [9.17, 15) is 4.39 Å². The largest absolute Gasteiger partial charge is 0.494 e. The lowest BCUT2D eigenvalue weighted by Crippen LogP contribution is -2.03. The lowest BCUT2D eigenvalue weighted by atomic mass is 10.1. The van der Waals surface area contributed by atoms with Crippen molar-refractivity contribution >= 4 is 17.0 Å². The normalized spacial score (nSPS) is 10.8. The van der Waals surface area contributed by atoms with E-state index in [2.05, 4.69) is 25.5 Å². The van der Waals surface area contributed by atoms with Crippen LogP contribution in [-0.2, 0) is 0 Å². The smallest absolute Gasteiger partial charge is 0.225 e. The van der Waals surface area contributed by atoms with Crippen LogP contribution in [0.5, 0.6) is 5.75 Å². The van der Waals surface area contributed by atoms with Crippen molar-refractivity contribution < 1.29 is 9.13 Å². The molecule has 2 aromatic heterocycles. The molecule has 0 aliphatic rings. The molecule has 0 aliphatic heterocycles. The van der Waals surface area contributed by atoms with Gasteiger partial charge in [-0.3, -0.25) is 5.10 Å². The van der Waals surface area contributed by atoms with E-state index in [1.807, 2.05) is 6.92 Å². The Morgan fingerprint density at radius 3 is 2.90 bits per heavy atom. The van der Waals surface area contributed by atoms with Gasteiger partial charge in [0, 0.05) is 12.1 Å². The number of nitrogens with one attached hydrogen (secondary N) is 2. The van der Waals surface area contributed by atoms with E-state index in [4.69, 9.17) is 4.74 Å². The zero-order valence-corrected chi connectivity index (χ0v) is 11.6. The maximum absolute atomic E-state index is 13.9. The van der Waals surface area contributed by atoms with Crippen LogP contribution < -0.4 is 10.1 Å². The Morgan fingerprint density at radius 2 is 2.19 bits per heavy atom. The molecule has 108 valence electrons. The maximum Gasteiger partial charge on any atom is 0.225 e. The summed E-state index contributed by atoms with van der Waals surface area (Å²) in [6.07, 6.45) is 1.63. The third-order valence-electron chi connectivity index (χ3n) is 3.07. The molecule has 2 N–H and O–H groups in total. The van der Waals surface area contributed by atoms with Crippen LogP contribution >= 0.6 is 0 Å². The van der Waals surface area contributed by atoms with Crippen LogP contribution in [0.15, 0.2) is 24.4 Å². The van der Waals surface area contributed by atoms with Gasteiger partial charge in [0.15, 0.2) is 17.2 Å². The van der Waals surface area contributed by atoms with E-state index >= 15 is 0 Å². The summed E-state index contributed by atoms with van der Waals surface area (Å²) < 4.78 is 18.8. The highest BCUT2D eigenvalue weighted by Gasteiger charge is 2.13. The Balaban J connectivity index is 2.18. The highest BCUT2D eigenvalue weighted by Crippen LogP contribution is 2.29. The highest BCUT2D eigenvalue weighted by atomic mass is 19.1. The van der Waals surface area contributed by atoms with Gasteiger partial charge in [-0.15, -0.1) is 0 Å². The summed E-state index contributed by atoms with van der Waals surface area (Å²) in [5.74, 6) is 0.235. The molecule has 0 unspecified atom stereocenters. The Bertz CT molecular complexity index is 786. The van der Waals surface area contributed by atoms with Crippen LogP contribution in [0.3, 0.4) is 0 Å². The fourth-order valence-corrected chi connectivity index (χ4v) is 2.11. The number of rotatable bonds is 4. The molecule has 0 bridgehead atoms. The molecule has 1 aromatic carbocycles. The lowest BCUT2D eigenvalue weighted by Gasteiger charge is -2.08. The lowest BCUT2D eigenvalue weighted by molar-refractivity contribution is 0.386. The Labute approximate surface area is 120 Å². The molecule has 21 heavy (non-hydrogen) atoms. The topological polar surface area (TPSA) is 75.7 Å². The molecule has 7 heteroatoms. The molecule has 0 saturated heterocycles. The second-order valence-corrected chi connectivity index (χ2v) is 4.41. The summed E-state index contributed by atoms with van der Waals surface area (Å²) >= 11 is 0. The molecule has 0 atom stereocenters. The molecule has 0 saturated carbocycles. The highest BCUT2D eigenvalue weighted by molar-refractivity contribution is 5.90. The van der Waals surface area contributed by atoms with Gasteiger partial charge in [0.25, 0.3) is 0 Å². The molecule has 3 aromatic rings. The number of methoxy groups -OCH3 is 1. The molecular weight excluding hydrogens is 273 g/mol. The first-order valence-electron chi connectivity index (χ1n) is 6.51. The van der Waals surface area contributed by atoms with Crippen molar-refractivity contribution in [3.8, 4) is 17.0 Å². The zero-order valence-electron chi connectivity index (χ0n) is 11.6. The molecule has 0 radical (unpaired) electrons. The van der Waals surface area contributed by atoms with E-state index < -0.39 is 5.82 Å². The molecule has 0 fully saturated rings. The number of benzene rings is 1. The van der Waals surface area contributed by atoms with Gasteiger partial charge in [-0.05, 0) is 25.1 Å². The fourth-order valence-electron chi connectivity index (χ4n) is 2.11. The summed E-state index contributed by atoms with van der Waals surface area (Å²) in [4.78, 5) is 8.75. The van der Waals surface area contributed by atoms with Crippen molar-refractivity contribution in [2.75, 3.05) is 19.0 Å². The number of fused-ring (bicyclic) bond motifs is 1. The number of aromatic nitrogens is 4. The first kappa shape index (κ1) is 13.3. The van der Waals surface area contributed by atoms with Gasteiger partial charge >= 0.3 is 0 Å². The third kappa shape index (κ3) is 2.37. The predicted octanol–water partition coefficient (Wildman–Crippen LogP) is 2.60. The predicted molar refractivity (Wildman–Crippen MR) is 77.8 cm³/mol. The van der Waals surface area contributed by atoms with E-state index in [-0.39, 0.29) is 5.75 Å². The number of anilines is 1. The molecule has 0 spiro atoms. The molecule has 2 heterocycles. The number of H-pyrrole nitrogens is 1. The Kier molecular flexibility index (Phi) is 3.39. The summed E-state index contributed by atoms with van der Waals surface area (Å²) in [5, 5.41) is 10.6. The molecule has 0 amide bonds. The van der Waals surface area contributed by atoms with Gasteiger partial charge in [-0.1, -0.05) is 0 Å².